The highest BCUT2D eigenvalue weighted by Crippen LogP contribution is 2.39. The number of aliphatic hydroxyl groups excluding tert-OH is 3. The Morgan fingerprint density at radius 2 is 1.74 bits per heavy atom. The molecule has 0 fully saturated rings. The van der Waals surface area contributed by atoms with Gasteiger partial charge in [-0.15, -0.1) is 0 Å². The predicted molar refractivity (Wildman–Crippen MR) is 201 cm³/mol. The molecule has 12 nitrogen and oxygen atoms in total. The summed E-state index contributed by atoms with van der Waals surface area (Å²) in [7, 11) is 1.87. The average Bonchev–Trinajstić information content (AvgIpc) is 3.15. The number of hydrogen-bond acceptors (Lipinski definition) is 11. The Morgan fingerprint density at radius 3 is 2.45 bits per heavy atom. The number of nitrogens with one attached hydrogen (secondary N) is 1. The van der Waals surface area contributed by atoms with Gasteiger partial charge >= 0.3 is 5.97 Å². The number of rotatable bonds is 20. The van der Waals surface area contributed by atoms with Crippen molar-refractivity contribution < 1.29 is 39.4 Å². The van der Waals surface area contributed by atoms with Gasteiger partial charge in [0, 0.05) is 54.8 Å². The lowest BCUT2D eigenvalue weighted by Crippen LogP contribution is -2.52. The summed E-state index contributed by atoms with van der Waals surface area (Å²) in [5, 5.41) is 50.9. The number of carboxylic acids is 1. The highest BCUT2D eigenvalue weighted by molar-refractivity contribution is 6.35. The first-order valence-corrected chi connectivity index (χ1v) is 17.6. The van der Waals surface area contributed by atoms with Crippen LogP contribution in [0.3, 0.4) is 0 Å². The first kappa shape index (κ1) is 41.3. The van der Waals surface area contributed by atoms with Crippen LogP contribution in [-0.4, -0.2) is 87.9 Å². The molecule has 53 heavy (non-hydrogen) atoms. The van der Waals surface area contributed by atoms with Crippen LogP contribution in [0.2, 0.25) is 10.0 Å². The topological polar surface area (TPSA) is 178 Å². The molecule has 14 heteroatoms. The van der Waals surface area contributed by atoms with Gasteiger partial charge in [0.15, 0.2) is 0 Å². The largest absolute Gasteiger partial charge is 0.492 e. The van der Waals surface area contributed by atoms with E-state index in [1.54, 1.807) is 24.4 Å². The molecule has 0 aliphatic carbocycles. The number of aliphatic hydroxyl groups is 3. The van der Waals surface area contributed by atoms with Crippen molar-refractivity contribution in [3.05, 3.63) is 105 Å². The molecule has 0 spiro atoms. The molecule has 0 bridgehead atoms. The van der Waals surface area contributed by atoms with E-state index in [4.69, 9.17) is 42.5 Å². The number of nitriles is 1. The Bertz CT molecular complexity index is 1910. The number of pyridine rings is 1. The van der Waals surface area contributed by atoms with Gasteiger partial charge in [-0.2, -0.15) is 5.26 Å². The third kappa shape index (κ3) is 11.3. The SMILES string of the molecule is Cc1c(COc2cc(OCc3cncc(C#N)c3)c(CNC(C)(CO)C(=O)O)cc2Cl)cccc1-c1cccc(OCCCN(C)CC(O)CO)c1Cl. The third-order valence-corrected chi connectivity index (χ3v) is 9.33. The van der Waals surface area contributed by atoms with Gasteiger partial charge < -0.3 is 39.5 Å². The second-order valence-corrected chi connectivity index (χ2v) is 13.6. The van der Waals surface area contributed by atoms with Crippen molar-refractivity contribution in [2.24, 2.45) is 0 Å². The summed E-state index contributed by atoms with van der Waals surface area (Å²) in [6.07, 6.45) is 2.94. The zero-order valence-electron chi connectivity index (χ0n) is 29.8. The molecule has 4 rings (SSSR count). The Labute approximate surface area is 319 Å². The second kappa shape index (κ2) is 19.6. The fourth-order valence-electron chi connectivity index (χ4n) is 5.38. The lowest BCUT2D eigenvalue weighted by atomic mass is 9.96. The number of carboxylic acid groups (broad SMARTS) is 1. The zero-order chi connectivity index (χ0) is 38.5. The average molecular weight is 768 g/mol. The summed E-state index contributed by atoms with van der Waals surface area (Å²) in [4.78, 5) is 17.8. The van der Waals surface area contributed by atoms with E-state index in [2.05, 4.69) is 16.4 Å². The van der Waals surface area contributed by atoms with E-state index in [0.717, 1.165) is 22.3 Å². The number of nitrogens with zero attached hydrogens (tertiary/aromatic N) is 3. The van der Waals surface area contributed by atoms with Gasteiger partial charge in [-0.25, -0.2) is 0 Å². The van der Waals surface area contributed by atoms with E-state index in [1.807, 2.05) is 55.3 Å². The summed E-state index contributed by atoms with van der Waals surface area (Å²) in [6.45, 7) is 4.10. The molecule has 0 aliphatic rings. The third-order valence-electron chi connectivity index (χ3n) is 8.65. The summed E-state index contributed by atoms with van der Waals surface area (Å²) < 4.78 is 18.4. The monoisotopic (exact) mass is 766 g/mol. The van der Waals surface area contributed by atoms with Crippen LogP contribution in [0.15, 0.2) is 67.0 Å². The molecule has 2 unspecified atom stereocenters. The van der Waals surface area contributed by atoms with E-state index in [0.29, 0.717) is 65.1 Å². The van der Waals surface area contributed by atoms with Gasteiger partial charge in [-0.05, 0) is 62.2 Å². The molecule has 4 aromatic rings. The fraction of sp³-hybridized carbons (Fsp3) is 0.359. The predicted octanol–water partition coefficient (Wildman–Crippen LogP) is 5.37. The van der Waals surface area contributed by atoms with Crippen LogP contribution >= 0.6 is 23.2 Å². The first-order chi connectivity index (χ1) is 25.4. The van der Waals surface area contributed by atoms with Gasteiger partial charge in [-0.3, -0.25) is 15.1 Å². The maximum absolute atomic E-state index is 11.8. The standard InChI is InChI=1S/C39H44Cl2N4O8/c1-25-28(7-4-8-31(25)32-9-5-10-34(37(32)41)51-12-6-11-45(3)20-30(48)21-46)23-53-36-15-35(52-22-27-13-26(16-42)17-43-18-27)29(14-33(36)40)19-44-39(2,24-47)38(49)50/h4-5,7-10,13-15,17-18,30,44,46-48H,6,11-12,19-24H2,1-3H3,(H,49,50). The molecular weight excluding hydrogens is 723 g/mol. The zero-order valence-corrected chi connectivity index (χ0v) is 31.3. The molecule has 0 saturated carbocycles. The number of carbonyl (C=O) groups is 1. The first-order valence-electron chi connectivity index (χ1n) is 16.9. The van der Waals surface area contributed by atoms with Crippen LogP contribution in [0.5, 0.6) is 17.2 Å². The summed E-state index contributed by atoms with van der Waals surface area (Å²) in [5.74, 6) is 0.0122. The van der Waals surface area contributed by atoms with Gasteiger partial charge in [0.05, 0.1) is 41.5 Å². The number of benzene rings is 3. The Hall–Kier alpha value is -4.45. The normalized spacial score (nSPS) is 12.9. The smallest absolute Gasteiger partial charge is 0.326 e. The minimum Gasteiger partial charge on any atom is -0.492 e. The second-order valence-electron chi connectivity index (χ2n) is 12.8. The van der Waals surface area contributed by atoms with E-state index >= 15 is 0 Å². The van der Waals surface area contributed by atoms with Crippen LogP contribution in [0.4, 0.5) is 0 Å². The molecule has 0 amide bonds. The molecule has 2 atom stereocenters. The molecule has 0 radical (unpaired) electrons. The van der Waals surface area contributed by atoms with Crippen molar-refractivity contribution >= 4 is 29.2 Å². The van der Waals surface area contributed by atoms with Gasteiger partial charge in [0.2, 0.25) is 0 Å². The summed E-state index contributed by atoms with van der Waals surface area (Å²) >= 11 is 13.6. The van der Waals surface area contributed by atoms with Crippen LogP contribution in [-0.2, 0) is 24.6 Å². The molecule has 1 heterocycles. The quantitative estimate of drug-likeness (QED) is 0.0728. The summed E-state index contributed by atoms with van der Waals surface area (Å²) in [6, 6.07) is 18.4. The maximum atomic E-state index is 11.8. The van der Waals surface area contributed by atoms with Crippen molar-refractivity contribution in [1.29, 1.82) is 5.26 Å². The van der Waals surface area contributed by atoms with Crippen molar-refractivity contribution in [3.8, 4) is 34.4 Å². The number of aromatic nitrogens is 1. The molecule has 0 saturated heterocycles. The maximum Gasteiger partial charge on any atom is 0.326 e. The number of aliphatic carboxylic acids is 1. The molecule has 1 aromatic heterocycles. The lowest BCUT2D eigenvalue weighted by Gasteiger charge is -2.25. The van der Waals surface area contributed by atoms with Crippen molar-refractivity contribution in [2.45, 2.75) is 51.7 Å². The van der Waals surface area contributed by atoms with E-state index in [1.165, 1.54) is 13.1 Å². The highest BCUT2D eigenvalue weighted by Gasteiger charge is 2.32. The van der Waals surface area contributed by atoms with Crippen LogP contribution in [0.1, 0.15) is 41.2 Å². The molecule has 282 valence electrons. The van der Waals surface area contributed by atoms with Crippen molar-refractivity contribution in [3.63, 3.8) is 0 Å². The Kier molecular flexibility index (Phi) is 15.3. The van der Waals surface area contributed by atoms with E-state index < -0.39 is 24.2 Å². The number of ether oxygens (including phenoxy) is 3. The lowest BCUT2D eigenvalue weighted by molar-refractivity contribution is -0.145. The van der Waals surface area contributed by atoms with Gasteiger partial charge in [0.1, 0.15) is 42.1 Å². The minimum absolute atomic E-state index is 0.00564. The molecule has 3 aromatic carbocycles. The van der Waals surface area contributed by atoms with Crippen molar-refractivity contribution in [1.82, 2.24) is 15.2 Å². The highest BCUT2D eigenvalue weighted by atomic mass is 35.5. The van der Waals surface area contributed by atoms with E-state index in [-0.39, 0.29) is 31.4 Å². The molecule has 5 N–H and O–H groups in total. The Balaban J connectivity index is 1.52. The molecular formula is C39H44Cl2N4O8. The Morgan fingerprint density at radius 1 is 1.00 bits per heavy atom. The van der Waals surface area contributed by atoms with Crippen LogP contribution in [0, 0.1) is 18.3 Å². The number of likely N-dealkylation sites (N-methyl/N-ethyl adjacent to an activating group) is 1. The van der Waals surface area contributed by atoms with Crippen LogP contribution < -0.4 is 19.5 Å². The van der Waals surface area contributed by atoms with Crippen LogP contribution in [0.25, 0.3) is 11.1 Å². The molecule has 0 aliphatic heterocycles. The van der Waals surface area contributed by atoms with E-state index in [9.17, 15) is 25.4 Å². The van der Waals surface area contributed by atoms with Crippen molar-refractivity contribution in [2.75, 3.05) is 40.0 Å². The van der Waals surface area contributed by atoms with Gasteiger partial charge in [-0.1, -0.05) is 53.5 Å². The number of hydrogen-bond donors (Lipinski definition) is 5. The van der Waals surface area contributed by atoms with Gasteiger partial charge in [0.25, 0.3) is 0 Å². The minimum atomic E-state index is -1.61. The fourth-order valence-corrected chi connectivity index (χ4v) is 5.90. The summed E-state index contributed by atoms with van der Waals surface area (Å²) in [5.41, 5.74) is 3.45. The number of halogens is 2.